The quantitative estimate of drug-likeness (QED) is 0.482. The zero-order valence-electron chi connectivity index (χ0n) is 17.7. The highest BCUT2D eigenvalue weighted by molar-refractivity contribution is 5.79. The Hall–Kier alpha value is -2.54. The van der Waals surface area contributed by atoms with Crippen molar-refractivity contribution in [3.63, 3.8) is 0 Å². The second kappa shape index (κ2) is 11.3. The Labute approximate surface area is 168 Å². The number of aromatic nitrogens is 1. The zero-order valence-corrected chi connectivity index (χ0v) is 17.7. The molecule has 28 heavy (non-hydrogen) atoms. The number of rotatable bonds is 10. The van der Waals surface area contributed by atoms with Crippen molar-refractivity contribution in [1.29, 1.82) is 0 Å². The summed E-state index contributed by atoms with van der Waals surface area (Å²) in [6.45, 7) is 9.60. The summed E-state index contributed by atoms with van der Waals surface area (Å²) in [6, 6.07) is 10.0. The molecule has 2 aromatic rings. The van der Waals surface area contributed by atoms with Gasteiger partial charge in [0.15, 0.2) is 11.7 Å². The third-order valence-corrected chi connectivity index (χ3v) is 4.12. The molecule has 154 valence electrons. The molecule has 7 nitrogen and oxygen atoms in total. The minimum atomic E-state index is 0.350. The molecule has 0 saturated heterocycles. The lowest BCUT2D eigenvalue weighted by Crippen LogP contribution is -2.36. The number of aliphatic imine (C=N–C) groups is 1. The van der Waals surface area contributed by atoms with E-state index in [4.69, 9.17) is 9.26 Å². The molecule has 0 aliphatic rings. The van der Waals surface area contributed by atoms with E-state index < -0.39 is 0 Å². The van der Waals surface area contributed by atoms with E-state index in [1.165, 1.54) is 0 Å². The maximum atomic E-state index is 5.92. The average Bonchev–Trinajstić information content (AvgIpc) is 3.14. The van der Waals surface area contributed by atoms with Gasteiger partial charge in [0.1, 0.15) is 12.4 Å². The normalized spacial score (nSPS) is 11.9. The van der Waals surface area contributed by atoms with Crippen molar-refractivity contribution in [2.75, 3.05) is 33.8 Å². The predicted octanol–water partition coefficient (Wildman–Crippen LogP) is 2.99. The maximum Gasteiger partial charge on any atom is 0.191 e. The van der Waals surface area contributed by atoms with Crippen LogP contribution >= 0.6 is 0 Å². The Balaban J connectivity index is 1.97. The first-order valence-corrected chi connectivity index (χ1v) is 9.82. The van der Waals surface area contributed by atoms with Crippen LogP contribution in [0.15, 0.2) is 39.8 Å². The number of guanidine groups is 1. The number of hydrogen-bond acceptors (Lipinski definition) is 5. The van der Waals surface area contributed by atoms with Crippen LogP contribution in [-0.4, -0.2) is 49.8 Å². The maximum absolute atomic E-state index is 5.92. The molecule has 0 unspecified atom stereocenters. The van der Waals surface area contributed by atoms with Crippen LogP contribution < -0.4 is 15.4 Å². The van der Waals surface area contributed by atoms with Crippen LogP contribution in [0.25, 0.3) is 0 Å². The smallest absolute Gasteiger partial charge is 0.191 e. The van der Waals surface area contributed by atoms with Gasteiger partial charge in [0.2, 0.25) is 0 Å². The summed E-state index contributed by atoms with van der Waals surface area (Å²) in [5.74, 6) is 2.75. The molecule has 0 radical (unpaired) electrons. The summed E-state index contributed by atoms with van der Waals surface area (Å²) >= 11 is 0. The van der Waals surface area contributed by atoms with Crippen molar-refractivity contribution in [1.82, 2.24) is 20.7 Å². The highest BCUT2D eigenvalue weighted by Crippen LogP contribution is 2.19. The lowest BCUT2D eigenvalue weighted by molar-refractivity contribution is 0.259. The number of para-hydroxylation sites is 1. The first kappa shape index (κ1) is 21.8. The molecule has 0 aliphatic heterocycles. The molecule has 0 saturated carbocycles. The first-order chi connectivity index (χ1) is 13.5. The van der Waals surface area contributed by atoms with Gasteiger partial charge in [0.25, 0.3) is 0 Å². The van der Waals surface area contributed by atoms with Crippen molar-refractivity contribution in [2.24, 2.45) is 4.99 Å². The summed E-state index contributed by atoms with van der Waals surface area (Å²) in [6.07, 6.45) is 0. The number of likely N-dealkylation sites (N-methyl/N-ethyl adjacent to an activating group) is 1. The van der Waals surface area contributed by atoms with Crippen LogP contribution in [0.5, 0.6) is 5.75 Å². The molecular formula is C21H33N5O2. The van der Waals surface area contributed by atoms with Crippen LogP contribution in [0.1, 0.15) is 43.7 Å². The number of benzene rings is 1. The number of hydrogen-bond donors (Lipinski definition) is 2. The van der Waals surface area contributed by atoms with Crippen LogP contribution in [0.3, 0.4) is 0 Å². The SMILES string of the molecule is CCNC(=NCc1ccccc1OCCN(C)C)NCc1cc(C(C)C)no1. The molecule has 1 heterocycles. The van der Waals surface area contributed by atoms with E-state index in [-0.39, 0.29) is 0 Å². The largest absolute Gasteiger partial charge is 0.492 e. The summed E-state index contributed by atoms with van der Waals surface area (Å²) in [7, 11) is 4.07. The second-order valence-electron chi connectivity index (χ2n) is 7.18. The van der Waals surface area contributed by atoms with Gasteiger partial charge in [0.05, 0.1) is 18.8 Å². The highest BCUT2D eigenvalue weighted by atomic mass is 16.5. The van der Waals surface area contributed by atoms with Crippen molar-refractivity contribution < 1.29 is 9.26 Å². The van der Waals surface area contributed by atoms with Gasteiger partial charge in [0, 0.05) is 24.7 Å². The third kappa shape index (κ3) is 7.23. The minimum absolute atomic E-state index is 0.350. The highest BCUT2D eigenvalue weighted by Gasteiger charge is 2.09. The molecule has 7 heteroatoms. The lowest BCUT2D eigenvalue weighted by atomic mass is 10.1. The standard InChI is InChI=1S/C21H33N5O2/c1-6-22-21(24-15-18-13-19(16(2)3)25-28-18)23-14-17-9-7-8-10-20(17)27-12-11-26(4)5/h7-10,13,16H,6,11-12,14-15H2,1-5H3,(H2,22,23,24). The monoisotopic (exact) mass is 387 g/mol. The fourth-order valence-corrected chi connectivity index (χ4v) is 2.47. The van der Waals surface area contributed by atoms with Gasteiger partial charge < -0.3 is 24.8 Å². The van der Waals surface area contributed by atoms with Crippen LogP contribution in [0.2, 0.25) is 0 Å². The van der Waals surface area contributed by atoms with E-state index in [2.05, 4.69) is 39.5 Å². The topological polar surface area (TPSA) is 74.9 Å². The Morgan fingerprint density at radius 3 is 2.71 bits per heavy atom. The van der Waals surface area contributed by atoms with E-state index >= 15 is 0 Å². The number of ether oxygens (including phenoxy) is 1. The van der Waals surface area contributed by atoms with Gasteiger partial charge in [-0.15, -0.1) is 0 Å². The fourth-order valence-electron chi connectivity index (χ4n) is 2.47. The van der Waals surface area contributed by atoms with Gasteiger partial charge in [-0.2, -0.15) is 0 Å². The van der Waals surface area contributed by atoms with Crippen LogP contribution in [0.4, 0.5) is 0 Å². The summed E-state index contributed by atoms with van der Waals surface area (Å²) in [4.78, 5) is 6.79. The number of nitrogens with zero attached hydrogens (tertiary/aromatic N) is 3. The predicted molar refractivity (Wildman–Crippen MR) is 113 cm³/mol. The minimum Gasteiger partial charge on any atom is -0.492 e. The Bertz CT molecular complexity index is 740. The van der Waals surface area contributed by atoms with E-state index in [1.807, 2.05) is 51.4 Å². The molecule has 2 rings (SSSR count). The third-order valence-electron chi connectivity index (χ3n) is 4.12. The molecule has 0 amide bonds. The molecule has 1 aromatic carbocycles. The molecule has 0 bridgehead atoms. The van der Waals surface area contributed by atoms with Crippen molar-refractivity contribution >= 4 is 5.96 Å². The Kier molecular flexibility index (Phi) is 8.81. The summed E-state index contributed by atoms with van der Waals surface area (Å²) < 4.78 is 11.3. The van der Waals surface area contributed by atoms with Crippen LogP contribution in [0, 0.1) is 0 Å². The first-order valence-electron chi connectivity index (χ1n) is 9.82. The Morgan fingerprint density at radius 2 is 2.04 bits per heavy atom. The van der Waals surface area contributed by atoms with E-state index in [0.29, 0.717) is 25.6 Å². The van der Waals surface area contributed by atoms with Gasteiger partial charge in [-0.1, -0.05) is 37.2 Å². The molecule has 0 fully saturated rings. The molecule has 0 spiro atoms. The molecular weight excluding hydrogens is 354 g/mol. The van der Waals surface area contributed by atoms with E-state index in [9.17, 15) is 0 Å². The van der Waals surface area contributed by atoms with E-state index in [1.54, 1.807) is 0 Å². The summed E-state index contributed by atoms with van der Waals surface area (Å²) in [5, 5.41) is 10.6. The van der Waals surface area contributed by atoms with Crippen molar-refractivity contribution in [2.45, 2.75) is 39.8 Å². The van der Waals surface area contributed by atoms with Gasteiger partial charge in [-0.3, -0.25) is 0 Å². The van der Waals surface area contributed by atoms with Gasteiger partial charge in [-0.25, -0.2) is 4.99 Å². The zero-order chi connectivity index (χ0) is 20.4. The van der Waals surface area contributed by atoms with Gasteiger partial charge >= 0.3 is 0 Å². The molecule has 0 atom stereocenters. The molecule has 1 aromatic heterocycles. The van der Waals surface area contributed by atoms with Gasteiger partial charge in [-0.05, 0) is 33.0 Å². The second-order valence-corrected chi connectivity index (χ2v) is 7.18. The van der Waals surface area contributed by atoms with Crippen molar-refractivity contribution in [3.05, 3.63) is 47.3 Å². The van der Waals surface area contributed by atoms with Crippen molar-refractivity contribution in [3.8, 4) is 5.75 Å². The molecule has 0 aliphatic carbocycles. The Morgan fingerprint density at radius 1 is 1.25 bits per heavy atom. The van der Waals surface area contributed by atoms with E-state index in [0.717, 1.165) is 41.8 Å². The number of nitrogens with one attached hydrogen (secondary N) is 2. The fraction of sp³-hybridized carbons (Fsp3) is 0.524. The lowest BCUT2D eigenvalue weighted by Gasteiger charge is -2.14. The summed E-state index contributed by atoms with van der Waals surface area (Å²) in [5.41, 5.74) is 2.02. The van der Waals surface area contributed by atoms with Crippen LogP contribution in [-0.2, 0) is 13.1 Å². The average molecular weight is 388 g/mol. The molecule has 2 N–H and O–H groups in total.